The summed E-state index contributed by atoms with van der Waals surface area (Å²) in [7, 11) is 1.38. The third kappa shape index (κ3) is 3.41. The molecule has 2 atom stereocenters. The number of carbonyl (C=O) groups excluding carboxylic acids is 1. The number of aliphatic carboxylic acids is 1. The number of carboxylic acids is 1. The van der Waals surface area contributed by atoms with Gasteiger partial charge in [0.05, 0.1) is 18.8 Å². The van der Waals surface area contributed by atoms with Crippen LogP contribution in [-0.2, 0) is 9.53 Å². The lowest BCUT2D eigenvalue weighted by molar-refractivity contribution is -0.299. The number of hydrogen-bond acceptors (Lipinski definition) is 6. The summed E-state index contributed by atoms with van der Waals surface area (Å²) in [6.07, 6.45) is 1.68. The Hall–Kier alpha value is -2.86. The van der Waals surface area contributed by atoms with Crippen LogP contribution in [0.4, 0.5) is 5.69 Å². The van der Waals surface area contributed by atoms with Gasteiger partial charge in [-0.05, 0) is 25.1 Å². The summed E-state index contributed by atoms with van der Waals surface area (Å²) in [4.78, 5) is 20.5. The number of methoxy groups -OCH3 is 1. The van der Waals surface area contributed by atoms with Crippen LogP contribution in [0, 0.1) is 0 Å². The van der Waals surface area contributed by atoms with Gasteiger partial charge in [0.2, 0.25) is 0 Å². The Morgan fingerprint density at radius 3 is 2.62 bits per heavy atom. The number of nitrogens with one attached hydrogen (secondary N) is 1. The summed E-state index contributed by atoms with van der Waals surface area (Å²) < 4.78 is 5.31. The normalized spacial score (nSPS) is 20.0. The van der Waals surface area contributed by atoms with Crippen LogP contribution in [-0.4, -0.2) is 29.3 Å². The van der Waals surface area contributed by atoms with Crippen LogP contribution >= 0.6 is 11.6 Å². The summed E-state index contributed by atoms with van der Waals surface area (Å²) in [6.45, 7) is 1.40. The molecule has 2 aromatic rings. The molecule has 0 bridgehead atoms. The van der Waals surface area contributed by atoms with Crippen molar-refractivity contribution in [3.63, 3.8) is 0 Å². The molecule has 1 aromatic heterocycles. The Kier molecular flexibility index (Phi) is 5.23. The number of pyridine rings is 1. The molecule has 26 heavy (non-hydrogen) atoms. The lowest BCUT2D eigenvalue weighted by Crippen LogP contribution is -2.30. The van der Waals surface area contributed by atoms with Gasteiger partial charge >= 0.3 is 0 Å². The maximum atomic E-state index is 11.3. The zero-order valence-corrected chi connectivity index (χ0v) is 15.0. The molecule has 0 radical (unpaired) electrons. The lowest BCUT2D eigenvalue weighted by Gasteiger charge is -2.18. The summed E-state index contributed by atoms with van der Waals surface area (Å²) in [5.74, 6) is -1.27. The van der Waals surface area contributed by atoms with Crippen molar-refractivity contribution in [1.29, 1.82) is 0 Å². The van der Waals surface area contributed by atoms with Crippen LogP contribution in [0.3, 0.4) is 0 Å². The first kappa shape index (κ1) is 17.9. The minimum absolute atomic E-state index is 0.0752. The molecule has 3 rings (SSSR count). The number of carbonyl (C=O) groups is 1. The monoisotopic (exact) mass is 370 g/mol. The highest BCUT2D eigenvalue weighted by molar-refractivity contribution is 6.36. The molecular weight excluding hydrogens is 354 g/mol. The fraction of sp³-hybridized carbons (Fsp3) is 0.211. The van der Waals surface area contributed by atoms with E-state index in [4.69, 9.17) is 21.3 Å². The highest BCUT2D eigenvalue weighted by Gasteiger charge is 2.29. The van der Waals surface area contributed by atoms with Gasteiger partial charge in [0.1, 0.15) is 23.0 Å². The molecule has 1 unspecified atom stereocenters. The summed E-state index contributed by atoms with van der Waals surface area (Å²) in [5, 5.41) is 14.5. The molecule has 0 spiro atoms. The molecule has 0 saturated carbocycles. The molecule has 134 valence electrons. The lowest BCUT2D eigenvalue weighted by atomic mass is 10.0. The number of aromatic nitrogens is 1. The van der Waals surface area contributed by atoms with Crippen molar-refractivity contribution < 1.29 is 14.6 Å². The largest absolute Gasteiger partial charge is 0.545 e. The van der Waals surface area contributed by atoms with E-state index in [1.807, 2.05) is 42.5 Å². The second-order valence-electron chi connectivity index (χ2n) is 5.71. The van der Waals surface area contributed by atoms with Gasteiger partial charge in [-0.25, -0.2) is 0 Å². The minimum Gasteiger partial charge on any atom is -0.545 e. The zero-order valence-electron chi connectivity index (χ0n) is 14.3. The molecule has 1 aromatic carbocycles. The van der Waals surface area contributed by atoms with Crippen LogP contribution in [0.15, 0.2) is 65.0 Å². The van der Waals surface area contributed by atoms with Gasteiger partial charge in [0.25, 0.3) is 0 Å². The predicted molar refractivity (Wildman–Crippen MR) is 97.9 cm³/mol. The summed E-state index contributed by atoms with van der Waals surface area (Å²) in [6, 6.07) is 12.7. The van der Waals surface area contributed by atoms with E-state index >= 15 is 0 Å². The van der Waals surface area contributed by atoms with E-state index in [-0.39, 0.29) is 17.0 Å². The average molecular weight is 371 g/mol. The maximum Gasteiger partial charge on any atom is 0.148 e. The fourth-order valence-electron chi connectivity index (χ4n) is 2.83. The number of ether oxygens (including phenoxy) is 1. The average Bonchev–Trinajstić information content (AvgIpc) is 2.80. The Morgan fingerprint density at radius 2 is 1.96 bits per heavy atom. The number of alkyl halides is 1. The fourth-order valence-corrected chi connectivity index (χ4v) is 3.10. The van der Waals surface area contributed by atoms with Crippen LogP contribution in [0.5, 0.6) is 0 Å². The van der Waals surface area contributed by atoms with Crippen molar-refractivity contribution in [3.8, 4) is 0 Å². The first-order chi connectivity index (χ1) is 12.5. The Labute approximate surface area is 156 Å². The van der Waals surface area contributed by atoms with E-state index in [0.717, 1.165) is 11.3 Å². The van der Waals surface area contributed by atoms with Crippen molar-refractivity contribution in [3.05, 3.63) is 71.3 Å². The van der Waals surface area contributed by atoms with Gasteiger partial charge in [-0.15, -0.1) is 0 Å². The number of benzene rings is 1. The smallest absolute Gasteiger partial charge is 0.148 e. The molecule has 2 heterocycles. The van der Waals surface area contributed by atoms with E-state index < -0.39 is 17.5 Å². The molecule has 6 nitrogen and oxygen atoms in total. The summed E-state index contributed by atoms with van der Waals surface area (Å²) >= 11 is 6.50. The highest BCUT2D eigenvalue weighted by atomic mass is 35.5. The summed E-state index contributed by atoms with van der Waals surface area (Å²) in [5.41, 5.74) is 1.81. The number of halogens is 1. The Balaban J connectivity index is 2.22. The molecule has 0 amide bonds. The SMILES string of the molecule is CO/C(C1=N[C@H](c2ccccn2)c2ccccc2NC1Cl)=C(\C)C(=O)[O-]. The molecule has 1 N–H and O–H groups in total. The number of hydrogen-bond donors (Lipinski definition) is 1. The quantitative estimate of drug-likeness (QED) is 0.386. The number of fused-ring (bicyclic) bond motifs is 1. The van der Waals surface area contributed by atoms with Crippen LogP contribution in [0.1, 0.15) is 24.2 Å². The van der Waals surface area contributed by atoms with Crippen LogP contribution < -0.4 is 10.4 Å². The third-order valence-electron chi connectivity index (χ3n) is 4.10. The van der Waals surface area contributed by atoms with E-state index in [9.17, 15) is 9.90 Å². The number of anilines is 1. The number of nitrogens with zero attached hydrogens (tertiary/aromatic N) is 2. The van der Waals surface area contributed by atoms with E-state index in [1.54, 1.807) is 6.20 Å². The molecule has 0 saturated heterocycles. The van der Waals surface area contributed by atoms with Gasteiger partial charge in [0, 0.05) is 23.0 Å². The van der Waals surface area contributed by atoms with Gasteiger partial charge in [-0.2, -0.15) is 0 Å². The van der Waals surface area contributed by atoms with Crippen molar-refractivity contribution in [2.75, 3.05) is 12.4 Å². The second kappa shape index (κ2) is 7.58. The molecular formula is C19H17ClN3O3-. The van der Waals surface area contributed by atoms with Gasteiger partial charge in [0.15, 0.2) is 0 Å². The van der Waals surface area contributed by atoms with Crippen molar-refractivity contribution in [2.45, 2.75) is 18.5 Å². The minimum atomic E-state index is -1.34. The van der Waals surface area contributed by atoms with Crippen LogP contribution in [0.25, 0.3) is 0 Å². The first-order valence-corrected chi connectivity index (χ1v) is 8.41. The first-order valence-electron chi connectivity index (χ1n) is 7.97. The number of rotatable bonds is 4. The Bertz CT molecular complexity index is 881. The maximum absolute atomic E-state index is 11.3. The molecule has 0 fully saturated rings. The van der Waals surface area contributed by atoms with Crippen molar-refractivity contribution in [1.82, 2.24) is 4.98 Å². The van der Waals surface area contributed by atoms with E-state index in [2.05, 4.69) is 10.3 Å². The predicted octanol–water partition coefficient (Wildman–Crippen LogP) is 2.27. The van der Waals surface area contributed by atoms with E-state index in [1.165, 1.54) is 14.0 Å². The number of aliphatic imine (C=N–C) groups is 1. The molecule has 0 aliphatic carbocycles. The van der Waals surface area contributed by atoms with Gasteiger partial charge in [-0.3, -0.25) is 9.98 Å². The van der Waals surface area contributed by atoms with E-state index in [0.29, 0.717) is 5.69 Å². The molecule has 7 heteroatoms. The molecule has 1 aliphatic heterocycles. The Morgan fingerprint density at radius 1 is 1.23 bits per heavy atom. The standard InChI is InChI=1S/C19H18ClN3O3/c1-11(19(24)25)17(26-2)16-18(20)22-13-8-4-3-7-12(13)15(23-16)14-9-5-6-10-21-14/h3-10,15,18,22H,1-2H3,(H,24,25)/p-1/b17-11+/t15-,18?/m0/s1. The van der Waals surface area contributed by atoms with Crippen LogP contribution in [0.2, 0.25) is 0 Å². The number of para-hydroxylation sites is 1. The second-order valence-corrected chi connectivity index (χ2v) is 6.15. The molecule has 1 aliphatic rings. The zero-order chi connectivity index (χ0) is 18.7. The topological polar surface area (TPSA) is 86.6 Å². The number of carboxylic acid groups (broad SMARTS) is 1. The van der Waals surface area contributed by atoms with Gasteiger partial charge < -0.3 is 20.0 Å². The highest BCUT2D eigenvalue weighted by Crippen LogP contribution is 2.35. The third-order valence-corrected chi connectivity index (χ3v) is 4.41. The van der Waals surface area contributed by atoms with Crippen molar-refractivity contribution in [2.24, 2.45) is 4.99 Å². The van der Waals surface area contributed by atoms with Gasteiger partial charge in [-0.1, -0.05) is 35.9 Å². The van der Waals surface area contributed by atoms with Crippen molar-refractivity contribution >= 4 is 29.0 Å².